The number of nitrogens with one attached hydrogen (secondary N) is 2. The Morgan fingerprint density at radius 2 is 2.29 bits per heavy atom. The summed E-state index contributed by atoms with van der Waals surface area (Å²) in [6.45, 7) is 1.02. The van der Waals surface area contributed by atoms with Crippen LogP contribution in [-0.4, -0.2) is 27.2 Å². The molecule has 0 saturated carbocycles. The van der Waals surface area contributed by atoms with Crippen LogP contribution < -0.4 is 5.32 Å². The van der Waals surface area contributed by atoms with Crippen molar-refractivity contribution in [3.8, 4) is 11.4 Å². The Morgan fingerprint density at radius 3 is 3.14 bits per heavy atom. The Balaban J connectivity index is 2.09. The number of fused-ring (bicyclic) bond motifs is 1. The maximum absolute atomic E-state index is 3.94. The zero-order chi connectivity index (χ0) is 9.38. The molecule has 1 aliphatic heterocycles. The molecular weight excluding hydrogens is 178 g/mol. The summed E-state index contributed by atoms with van der Waals surface area (Å²) in [5, 5.41) is 17.2. The van der Waals surface area contributed by atoms with E-state index in [-0.39, 0.29) is 0 Å². The number of rotatable bonds is 1. The number of hydrogen-bond acceptors (Lipinski definition) is 4. The van der Waals surface area contributed by atoms with E-state index < -0.39 is 0 Å². The van der Waals surface area contributed by atoms with Crippen LogP contribution in [0.5, 0.6) is 0 Å². The molecule has 0 aliphatic carbocycles. The lowest BCUT2D eigenvalue weighted by Crippen LogP contribution is -1.90. The van der Waals surface area contributed by atoms with E-state index in [0.717, 1.165) is 18.5 Å². The minimum absolute atomic E-state index is 0.653. The van der Waals surface area contributed by atoms with Gasteiger partial charge in [-0.25, -0.2) is 0 Å². The first-order valence-electron chi connectivity index (χ1n) is 4.54. The van der Waals surface area contributed by atoms with Gasteiger partial charge >= 0.3 is 0 Å². The Bertz CT molecular complexity index is 448. The topological polar surface area (TPSA) is 66.5 Å². The molecule has 70 valence electrons. The summed E-state index contributed by atoms with van der Waals surface area (Å²) >= 11 is 0. The molecule has 2 N–H and O–H groups in total. The van der Waals surface area contributed by atoms with Crippen molar-refractivity contribution in [2.24, 2.45) is 0 Å². The van der Waals surface area contributed by atoms with Gasteiger partial charge in [-0.15, -0.1) is 10.2 Å². The number of tetrazole rings is 1. The average molecular weight is 187 g/mol. The standard InChI is InChI=1S/C9H9N5/c1-2-8-6(3-4-10-8)5-7(1)9-11-13-14-12-9/h1-2,5,10H,3-4H2,(H,11,12,13,14). The second-order valence-corrected chi connectivity index (χ2v) is 3.28. The molecule has 5 heteroatoms. The maximum atomic E-state index is 3.94. The van der Waals surface area contributed by atoms with E-state index in [1.807, 2.05) is 6.07 Å². The Kier molecular flexibility index (Phi) is 1.50. The van der Waals surface area contributed by atoms with Crippen molar-refractivity contribution in [1.29, 1.82) is 0 Å². The van der Waals surface area contributed by atoms with Gasteiger partial charge in [0.15, 0.2) is 0 Å². The van der Waals surface area contributed by atoms with E-state index in [2.05, 4.69) is 38.1 Å². The summed E-state index contributed by atoms with van der Waals surface area (Å²) in [6, 6.07) is 6.18. The molecule has 0 amide bonds. The lowest BCUT2D eigenvalue weighted by Gasteiger charge is -2.00. The van der Waals surface area contributed by atoms with Crippen LogP contribution in [0.3, 0.4) is 0 Å². The molecule has 5 nitrogen and oxygen atoms in total. The van der Waals surface area contributed by atoms with Crippen LogP contribution in [0, 0.1) is 0 Å². The Morgan fingerprint density at radius 1 is 1.29 bits per heavy atom. The number of aromatic amines is 1. The monoisotopic (exact) mass is 187 g/mol. The quantitative estimate of drug-likeness (QED) is 0.694. The number of benzene rings is 1. The summed E-state index contributed by atoms with van der Waals surface area (Å²) in [5.41, 5.74) is 3.56. The molecule has 0 spiro atoms. The largest absolute Gasteiger partial charge is 0.384 e. The zero-order valence-electron chi connectivity index (χ0n) is 7.49. The normalized spacial score (nSPS) is 13.7. The Labute approximate surface area is 80.5 Å². The van der Waals surface area contributed by atoms with Crippen molar-refractivity contribution in [2.45, 2.75) is 6.42 Å². The summed E-state index contributed by atoms with van der Waals surface area (Å²) in [6.07, 6.45) is 1.07. The summed E-state index contributed by atoms with van der Waals surface area (Å²) in [5.74, 6) is 0.653. The molecule has 1 aromatic heterocycles. The summed E-state index contributed by atoms with van der Waals surface area (Å²) in [7, 11) is 0. The van der Waals surface area contributed by atoms with E-state index >= 15 is 0 Å². The average Bonchev–Trinajstić information content (AvgIpc) is 2.88. The summed E-state index contributed by atoms with van der Waals surface area (Å²) in [4.78, 5) is 0. The zero-order valence-corrected chi connectivity index (χ0v) is 7.49. The van der Waals surface area contributed by atoms with Crippen molar-refractivity contribution in [1.82, 2.24) is 20.6 Å². The molecule has 0 unspecified atom stereocenters. The third-order valence-corrected chi connectivity index (χ3v) is 2.42. The summed E-state index contributed by atoms with van der Waals surface area (Å²) < 4.78 is 0. The van der Waals surface area contributed by atoms with Crippen LogP contribution in [0.25, 0.3) is 11.4 Å². The first kappa shape index (κ1) is 7.49. The molecule has 0 radical (unpaired) electrons. The van der Waals surface area contributed by atoms with Gasteiger partial charge in [0.05, 0.1) is 0 Å². The SMILES string of the molecule is c1cc2c(cc1-c1nn[nH]n1)CCN2. The number of aromatic nitrogens is 4. The molecule has 0 fully saturated rings. The molecule has 1 aliphatic rings. The molecule has 2 heterocycles. The van der Waals surface area contributed by atoms with Crippen LogP contribution in [0.15, 0.2) is 18.2 Å². The van der Waals surface area contributed by atoms with Gasteiger partial charge in [-0.2, -0.15) is 5.21 Å². The van der Waals surface area contributed by atoms with Crippen LogP contribution in [-0.2, 0) is 6.42 Å². The van der Waals surface area contributed by atoms with Gasteiger partial charge in [-0.3, -0.25) is 0 Å². The number of hydrogen-bond donors (Lipinski definition) is 2. The fraction of sp³-hybridized carbons (Fsp3) is 0.222. The molecule has 14 heavy (non-hydrogen) atoms. The predicted molar refractivity (Wildman–Crippen MR) is 51.8 cm³/mol. The second-order valence-electron chi connectivity index (χ2n) is 3.28. The van der Waals surface area contributed by atoms with E-state index in [1.165, 1.54) is 11.3 Å². The minimum atomic E-state index is 0.653. The smallest absolute Gasteiger partial charge is 0.204 e. The van der Waals surface area contributed by atoms with Crippen molar-refractivity contribution < 1.29 is 0 Å². The van der Waals surface area contributed by atoms with Crippen molar-refractivity contribution in [3.05, 3.63) is 23.8 Å². The van der Waals surface area contributed by atoms with Crippen molar-refractivity contribution in [3.63, 3.8) is 0 Å². The highest BCUT2D eigenvalue weighted by molar-refractivity contribution is 5.65. The van der Waals surface area contributed by atoms with Crippen LogP contribution in [0.2, 0.25) is 0 Å². The second kappa shape index (κ2) is 2.80. The third kappa shape index (κ3) is 1.06. The van der Waals surface area contributed by atoms with Crippen LogP contribution in [0.4, 0.5) is 5.69 Å². The lowest BCUT2D eigenvalue weighted by atomic mass is 10.1. The fourth-order valence-electron chi connectivity index (χ4n) is 1.73. The van der Waals surface area contributed by atoms with E-state index in [9.17, 15) is 0 Å². The van der Waals surface area contributed by atoms with Gasteiger partial charge in [0.2, 0.25) is 5.82 Å². The minimum Gasteiger partial charge on any atom is -0.384 e. The molecule has 0 atom stereocenters. The molecule has 0 saturated heterocycles. The van der Waals surface area contributed by atoms with Crippen molar-refractivity contribution >= 4 is 5.69 Å². The Hall–Kier alpha value is -1.91. The van der Waals surface area contributed by atoms with Gasteiger partial charge in [0, 0.05) is 17.8 Å². The lowest BCUT2D eigenvalue weighted by molar-refractivity contribution is 0.881. The van der Waals surface area contributed by atoms with Gasteiger partial charge in [-0.05, 0) is 35.4 Å². The first-order valence-corrected chi connectivity index (χ1v) is 4.54. The highest BCUT2D eigenvalue weighted by Gasteiger charge is 2.11. The van der Waals surface area contributed by atoms with E-state index in [1.54, 1.807) is 0 Å². The fourth-order valence-corrected chi connectivity index (χ4v) is 1.73. The van der Waals surface area contributed by atoms with Crippen molar-refractivity contribution in [2.75, 3.05) is 11.9 Å². The van der Waals surface area contributed by atoms with Crippen LogP contribution >= 0.6 is 0 Å². The van der Waals surface area contributed by atoms with E-state index in [4.69, 9.17) is 0 Å². The number of H-pyrrole nitrogens is 1. The van der Waals surface area contributed by atoms with Gasteiger partial charge in [-0.1, -0.05) is 0 Å². The molecular formula is C9H9N5. The van der Waals surface area contributed by atoms with Crippen LogP contribution in [0.1, 0.15) is 5.56 Å². The third-order valence-electron chi connectivity index (χ3n) is 2.42. The molecule has 1 aromatic carbocycles. The predicted octanol–water partition coefficient (Wildman–Crippen LogP) is 0.835. The highest BCUT2D eigenvalue weighted by Crippen LogP contribution is 2.26. The van der Waals surface area contributed by atoms with Gasteiger partial charge in [0.1, 0.15) is 0 Å². The molecule has 3 rings (SSSR count). The molecule has 2 aromatic rings. The number of nitrogens with zero attached hydrogens (tertiary/aromatic N) is 3. The van der Waals surface area contributed by atoms with E-state index in [0.29, 0.717) is 5.82 Å². The highest BCUT2D eigenvalue weighted by atomic mass is 15.5. The maximum Gasteiger partial charge on any atom is 0.204 e. The molecule has 0 bridgehead atoms. The first-order chi connectivity index (χ1) is 6.93. The van der Waals surface area contributed by atoms with Gasteiger partial charge in [0.25, 0.3) is 0 Å². The number of anilines is 1. The van der Waals surface area contributed by atoms with Gasteiger partial charge < -0.3 is 5.32 Å².